The second-order valence-electron chi connectivity index (χ2n) is 6.86. The molecule has 1 aliphatic rings. The third-order valence-corrected chi connectivity index (χ3v) is 4.34. The summed E-state index contributed by atoms with van der Waals surface area (Å²) < 4.78 is 18.5. The van der Waals surface area contributed by atoms with E-state index in [0.717, 1.165) is 17.4 Å². The minimum atomic E-state index is -1.01. The molecule has 1 aromatic carbocycles. The lowest BCUT2D eigenvalue weighted by atomic mass is 9.92. The zero-order chi connectivity index (χ0) is 18.8. The first kappa shape index (κ1) is 18.9. The monoisotopic (exact) mass is 350 g/mol. The molecular weight excluding hydrogens is 327 g/mol. The van der Waals surface area contributed by atoms with Gasteiger partial charge in [0.15, 0.2) is 17.3 Å². The summed E-state index contributed by atoms with van der Waals surface area (Å²) in [4.78, 5) is 37.9. The highest BCUT2D eigenvalue weighted by Crippen LogP contribution is 2.25. The third kappa shape index (κ3) is 3.97. The summed E-state index contributed by atoms with van der Waals surface area (Å²) in [5.41, 5.74) is -0.929. The van der Waals surface area contributed by atoms with E-state index in [2.05, 4.69) is 5.32 Å². The number of amides is 3. The first-order valence-corrected chi connectivity index (χ1v) is 8.19. The molecule has 1 atom stereocenters. The molecule has 2 rings (SSSR count). The highest BCUT2D eigenvalue weighted by Gasteiger charge is 2.47. The lowest BCUT2D eigenvalue weighted by Gasteiger charge is -2.22. The van der Waals surface area contributed by atoms with Crippen molar-refractivity contribution in [3.63, 3.8) is 0 Å². The standard InChI is InChI=1S/C18H23FN2O4/c1-11(2)7-8-18(3)16(23)21(17(24)20-18)10-14(22)12-5-6-15(25-4)13(19)9-12/h5-6,9,11H,7-8,10H2,1-4H3,(H,20,24)/t18-/m0/s1. The van der Waals surface area contributed by atoms with Gasteiger partial charge in [-0.3, -0.25) is 14.5 Å². The third-order valence-electron chi connectivity index (χ3n) is 4.34. The van der Waals surface area contributed by atoms with Crippen molar-refractivity contribution in [1.82, 2.24) is 10.2 Å². The van der Waals surface area contributed by atoms with Gasteiger partial charge in [-0.1, -0.05) is 13.8 Å². The minimum absolute atomic E-state index is 0.0211. The fraction of sp³-hybridized carbons (Fsp3) is 0.500. The normalized spacial score (nSPS) is 20.2. The maximum absolute atomic E-state index is 13.7. The van der Waals surface area contributed by atoms with Gasteiger partial charge < -0.3 is 10.1 Å². The number of hydrogen-bond donors (Lipinski definition) is 1. The van der Waals surface area contributed by atoms with Crippen LogP contribution in [0.25, 0.3) is 0 Å². The predicted molar refractivity (Wildman–Crippen MR) is 90.0 cm³/mol. The molecule has 0 unspecified atom stereocenters. The molecule has 1 saturated heterocycles. The molecule has 0 saturated carbocycles. The van der Waals surface area contributed by atoms with Crippen molar-refractivity contribution in [3.8, 4) is 5.75 Å². The van der Waals surface area contributed by atoms with Gasteiger partial charge >= 0.3 is 6.03 Å². The quantitative estimate of drug-likeness (QED) is 0.606. The van der Waals surface area contributed by atoms with E-state index in [9.17, 15) is 18.8 Å². The van der Waals surface area contributed by atoms with Crippen molar-refractivity contribution in [2.45, 2.75) is 39.2 Å². The average molecular weight is 350 g/mol. The summed E-state index contributed by atoms with van der Waals surface area (Å²) in [6.45, 7) is 5.30. The second-order valence-corrected chi connectivity index (χ2v) is 6.86. The van der Waals surface area contributed by atoms with Crippen LogP contribution in [0.3, 0.4) is 0 Å². The Morgan fingerprint density at radius 2 is 2.04 bits per heavy atom. The smallest absolute Gasteiger partial charge is 0.325 e. The van der Waals surface area contributed by atoms with E-state index < -0.39 is 35.6 Å². The number of Topliss-reactive ketones (excluding diaryl/α,β-unsaturated/α-hetero) is 1. The second kappa shape index (κ2) is 7.21. The van der Waals surface area contributed by atoms with E-state index in [4.69, 9.17) is 4.74 Å². The predicted octanol–water partition coefficient (Wildman–Crippen LogP) is 2.76. The molecule has 1 heterocycles. The Balaban J connectivity index is 2.11. The molecule has 0 aliphatic carbocycles. The Hall–Kier alpha value is -2.44. The molecule has 3 amide bonds. The van der Waals surface area contributed by atoms with Crippen LogP contribution in [0.4, 0.5) is 9.18 Å². The van der Waals surface area contributed by atoms with Crippen LogP contribution < -0.4 is 10.1 Å². The van der Waals surface area contributed by atoms with Crippen molar-refractivity contribution in [1.29, 1.82) is 0 Å². The van der Waals surface area contributed by atoms with Gasteiger partial charge in [-0.25, -0.2) is 9.18 Å². The Morgan fingerprint density at radius 3 is 2.60 bits per heavy atom. The number of nitrogens with zero attached hydrogens (tertiary/aromatic N) is 1. The van der Waals surface area contributed by atoms with Gasteiger partial charge in [-0.15, -0.1) is 0 Å². The van der Waals surface area contributed by atoms with Gasteiger partial charge in [-0.05, 0) is 43.9 Å². The molecule has 0 aromatic heterocycles. The number of rotatable bonds is 7. The first-order valence-electron chi connectivity index (χ1n) is 8.19. The van der Waals surface area contributed by atoms with Gasteiger partial charge in [0.05, 0.1) is 13.7 Å². The zero-order valence-electron chi connectivity index (χ0n) is 14.9. The fourth-order valence-electron chi connectivity index (χ4n) is 2.71. The lowest BCUT2D eigenvalue weighted by Crippen LogP contribution is -2.44. The highest BCUT2D eigenvalue weighted by atomic mass is 19.1. The molecule has 1 N–H and O–H groups in total. The summed E-state index contributed by atoms with van der Waals surface area (Å²) >= 11 is 0. The Morgan fingerprint density at radius 1 is 1.36 bits per heavy atom. The number of carbonyl (C=O) groups is 3. The van der Waals surface area contributed by atoms with Crippen molar-refractivity contribution >= 4 is 17.7 Å². The number of hydrogen-bond acceptors (Lipinski definition) is 4. The number of imide groups is 1. The number of methoxy groups -OCH3 is 1. The van der Waals surface area contributed by atoms with Crippen molar-refractivity contribution < 1.29 is 23.5 Å². The largest absolute Gasteiger partial charge is 0.494 e. The molecule has 25 heavy (non-hydrogen) atoms. The maximum Gasteiger partial charge on any atom is 0.325 e. The topological polar surface area (TPSA) is 75.7 Å². The Kier molecular flexibility index (Phi) is 5.45. The van der Waals surface area contributed by atoms with E-state index in [1.54, 1.807) is 6.92 Å². The Labute approximate surface area is 146 Å². The van der Waals surface area contributed by atoms with E-state index in [1.165, 1.54) is 19.2 Å². The molecule has 1 fully saturated rings. The van der Waals surface area contributed by atoms with E-state index in [-0.39, 0.29) is 11.3 Å². The van der Waals surface area contributed by atoms with Crippen LogP contribution in [0, 0.1) is 11.7 Å². The van der Waals surface area contributed by atoms with Gasteiger partial charge in [0.2, 0.25) is 0 Å². The van der Waals surface area contributed by atoms with Crippen molar-refractivity contribution in [3.05, 3.63) is 29.6 Å². The molecular formula is C18H23FN2O4. The molecule has 1 aromatic rings. The molecule has 7 heteroatoms. The van der Waals surface area contributed by atoms with Crippen LogP contribution in [0.1, 0.15) is 44.0 Å². The minimum Gasteiger partial charge on any atom is -0.494 e. The first-order chi connectivity index (χ1) is 11.7. The van der Waals surface area contributed by atoms with Gasteiger partial charge in [0.25, 0.3) is 5.91 Å². The average Bonchev–Trinajstić information content (AvgIpc) is 2.76. The van der Waals surface area contributed by atoms with E-state index >= 15 is 0 Å². The van der Waals surface area contributed by atoms with Gasteiger partial charge in [0.1, 0.15) is 5.54 Å². The van der Waals surface area contributed by atoms with Gasteiger partial charge in [-0.2, -0.15) is 0 Å². The van der Waals surface area contributed by atoms with Crippen LogP contribution in [-0.4, -0.2) is 41.8 Å². The van der Waals surface area contributed by atoms with Crippen molar-refractivity contribution in [2.24, 2.45) is 5.92 Å². The summed E-state index contributed by atoms with van der Waals surface area (Å²) in [5, 5.41) is 2.66. The van der Waals surface area contributed by atoms with E-state index in [0.29, 0.717) is 12.3 Å². The molecule has 136 valence electrons. The van der Waals surface area contributed by atoms with Crippen molar-refractivity contribution in [2.75, 3.05) is 13.7 Å². The van der Waals surface area contributed by atoms with Crippen LogP contribution in [0.2, 0.25) is 0 Å². The number of ketones is 1. The SMILES string of the molecule is COc1ccc(C(=O)CN2C(=O)N[C@@](C)(CCC(C)C)C2=O)cc1F. The van der Waals surface area contributed by atoms with Crippen LogP contribution >= 0.6 is 0 Å². The lowest BCUT2D eigenvalue weighted by molar-refractivity contribution is -0.130. The number of halogens is 1. The molecule has 6 nitrogen and oxygen atoms in total. The van der Waals surface area contributed by atoms with Crippen LogP contribution in [0.15, 0.2) is 18.2 Å². The summed E-state index contributed by atoms with van der Waals surface area (Å²) in [7, 11) is 1.32. The van der Waals surface area contributed by atoms with Crippen LogP contribution in [0.5, 0.6) is 5.75 Å². The molecule has 0 spiro atoms. The maximum atomic E-state index is 13.7. The van der Waals surface area contributed by atoms with E-state index in [1.807, 2.05) is 13.8 Å². The fourth-order valence-corrected chi connectivity index (χ4v) is 2.71. The number of ether oxygens (including phenoxy) is 1. The Bertz CT molecular complexity index is 704. The molecule has 0 radical (unpaired) electrons. The number of nitrogens with one attached hydrogen (secondary N) is 1. The van der Waals surface area contributed by atoms with Crippen LogP contribution in [-0.2, 0) is 4.79 Å². The number of urea groups is 1. The highest BCUT2D eigenvalue weighted by molar-refractivity contribution is 6.11. The molecule has 0 bridgehead atoms. The summed E-state index contributed by atoms with van der Waals surface area (Å²) in [6, 6.07) is 3.18. The number of carbonyl (C=O) groups excluding carboxylic acids is 3. The summed E-state index contributed by atoms with van der Waals surface area (Å²) in [6.07, 6.45) is 1.27. The number of benzene rings is 1. The van der Waals surface area contributed by atoms with Gasteiger partial charge in [0, 0.05) is 5.56 Å². The summed E-state index contributed by atoms with van der Waals surface area (Å²) in [5.74, 6) is -1.21. The zero-order valence-corrected chi connectivity index (χ0v) is 14.9. The molecule has 1 aliphatic heterocycles.